The van der Waals surface area contributed by atoms with Crippen LogP contribution in [0.3, 0.4) is 0 Å². The third kappa shape index (κ3) is 6.48. The molecule has 0 spiro atoms. The average Bonchev–Trinajstić information content (AvgIpc) is 2.54. The van der Waals surface area contributed by atoms with E-state index in [0.29, 0.717) is 30.9 Å². The maximum absolute atomic E-state index is 12.0. The van der Waals surface area contributed by atoms with Crippen molar-refractivity contribution < 1.29 is 23.9 Å². The van der Waals surface area contributed by atoms with E-state index in [4.69, 9.17) is 4.74 Å². The van der Waals surface area contributed by atoms with Gasteiger partial charge < -0.3 is 19.7 Å². The summed E-state index contributed by atoms with van der Waals surface area (Å²) >= 11 is 0. The summed E-state index contributed by atoms with van der Waals surface area (Å²) in [4.78, 5) is 36.4. The minimum atomic E-state index is -0.469. The number of anilines is 1. The average molecular weight is 322 g/mol. The number of esters is 1. The first kappa shape index (κ1) is 18.6. The monoisotopic (exact) mass is 322 g/mol. The molecule has 1 rings (SSSR count). The fourth-order valence-corrected chi connectivity index (χ4v) is 1.93. The molecule has 23 heavy (non-hydrogen) atoms. The molecule has 1 aromatic carbocycles. The quantitative estimate of drug-likeness (QED) is 0.729. The molecule has 0 atom stereocenters. The fourth-order valence-electron chi connectivity index (χ4n) is 1.93. The van der Waals surface area contributed by atoms with Gasteiger partial charge in [0, 0.05) is 39.2 Å². The molecule has 2 amide bonds. The van der Waals surface area contributed by atoms with Crippen LogP contribution < -0.4 is 5.32 Å². The standard InChI is InChI=1S/C16H22N2O5/c1-12(19)18(9-10-22-2)8-7-15(20)17-14-6-4-5-13(11-14)16(21)23-3/h4-6,11H,7-10H2,1-3H3,(H,17,20). The van der Waals surface area contributed by atoms with Gasteiger partial charge >= 0.3 is 5.97 Å². The van der Waals surface area contributed by atoms with Crippen LogP contribution in [-0.4, -0.2) is 56.6 Å². The topological polar surface area (TPSA) is 84.9 Å². The lowest BCUT2D eigenvalue weighted by Gasteiger charge is -2.20. The molecule has 0 unspecified atom stereocenters. The maximum atomic E-state index is 12.0. The van der Waals surface area contributed by atoms with Gasteiger partial charge in [0.25, 0.3) is 0 Å². The van der Waals surface area contributed by atoms with E-state index in [-0.39, 0.29) is 18.2 Å². The van der Waals surface area contributed by atoms with E-state index in [9.17, 15) is 14.4 Å². The minimum absolute atomic E-state index is 0.109. The summed E-state index contributed by atoms with van der Waals surface area (Å²) in [5.74, 6) is -0.818. The number of carbonyl (C=O) groups excluding carboxylic acids is 3. The SMILES string of the molecule is COCCN(CCC(=O)Nc1cccc(C(=O)OC)c1)C(C)=O. The molecule has 0 fully saturated rings. The van der Waals surface area contributed by atoms with E-state index in [1.54, 1.807) is 30.2 Å². The molecule has 0 saturated carbocycles. The number of methoxy groups -OCH3 is 2. The number of carbonyl (C=O) groups is 3. The molecule has 1 N–H and O–H groups in total. The molecule has 0 bridgehead atoms. The van der Waals surface area contributed by atoms with Crippen molar-refractivity contribution >= 4 is 23.5 Å². The summed E-state index contributed by atoms with van der Waals surface area (Å²) in [6, 6.07) is 6.47. The van der Waals surface area contributed by atoms with Crippen LogP contribution in [0.2, 0.25) is 0 Å². The number of ether oxygens (including phenoxy) is 2. The van der Waals surface area contributed by atoms with Crippen molar-refractivity contribution in [1.29, 1.82) is 0 Å². The fraction of sp³-hybridized carbons (Fsp3) is 0.438. The van der Waals surface area contributed by atoms with Crippen LogP contribution in [0.25, 0.3) is 0 Å². The smallest absolute Gasteiger partial charge is 0.337 e. The van der Waals surface area contributed by atoms with Crippen LogP contribution in [-0.2, 0) is 19.1 Å². The maximum Gasteiger partial charge on any atom is 0.337 e. The number of hydrogen-bond donors (Lipinski definition) is 1. The van der Waals surface area contributed by atoms with E-state index >= 15 is 0 Å². The Morgan fingerprint density at radius 2 is 1.91 bits per heavy atom. The molecule has 7 nitrogen and oxygen atoms in total. The molecule has 0 aromatic heterocycles. The van der Waals surface area contributed by atoms with Crippen LogP contribution in [0.4, 0.5) is 5.69 Å². The zero-order valence-electron chi connectivity index (χ0n) is 13.6. The Morgan fingerprint density at radius 3 is 2.52 bits per heavy atom. The highest BCUT2D eigenvalue weighted by molar-refractivity contribution is 5.94. The second kappa shape index (κ2) is 9.58. The number of benzene rings is 1. The minimum Gasteiger partial charge on any atom is -0.465 e. The number of nitrogens with one attached hydrogen (secondary N) is 1. The number of hydrogen-bond acceptors (Lipinski definition) is 5. The Labute approximate surface area is 135 Å². The van der Waals surface area contributed by atoms with Crippen molar-refractivity contribution in [3.05, 3.63) is 29.8 Å². The first-order chi connectivity index (χ1) is 11.0. The van der Waals surface area contributed by atoms with Gasteiger partial charge in [-0.1, -0.05) is 6.07 Å². The Balaban J connectivity index is 2.56. The summed E-state index contributed by atoms with van der Waals surface area (Å²) in [6.45, 7) is 2.62. The molecule has 0 aliphatic rings. The van der Waals surface area contributed by atoms with Crippen molar-refractivity contribution in [1.82, 2.24) is 4.90 Å². The second-order valence-electron chi connectivity index (χ2n) is 4.87. The highest BCUT2D eigenvalue weighted by Crippen LogP contribution is 2.12. The van der Waals surface area contributed by atoms with Gasteiger partial charge in [0.05, 0.1) is 19.3 Å². The first-order valence-corrected chi connectivity index (χ1v) is 7.20. The Hall–Kier alpha value is -2.41. The normalized spacial score (nSPS) is 10.0. The zero-order valence-corrected chi connectivity index (χ0v) is 13.6. The van der Waals surface area contributed by atoms with Crippen molar-refractivity contribution in [2.45, 2.75) is 13.3 Å². The molecule has 1 aromatic rings. The summed E-state index contributed by atoms with van der Waals surface area (Å²) in [5, 5.41) is 2.70. The van der Waals surface area contributed by atoms with Crippen molar-refractivity contribution in [3.63, 3.8) is 0 Å². The van der Waals surface area contributed by atoms with Crippen molar-refractivity contribution in [2.75, 3.05) is 39.2 Å². The molecule has 0 aliphatic heterocycles. The number of rotatable bonds is 8. The van der Waals surface area contributed by atoms with Crippen molar-refractivity contribution in [3.8, 4) is 0 Å². The summed E-state index contributed by atoms with van der Waals surface area (Å²) < 4.78 is 9.56. The van der Waals surface area contributed by atoms with Crippen LogP contribution in [0, 0.1) is 0 Å². The molecular weight excluding hydrogens is 300 g/mol. The van der Waals surface area contributed by atoms with Gasteiger partial charge in [-0.2, -0.15) is 0 Å². The van der Waals surface area contributed by atoms with Gasteiger partial charge in [0.1, 0.15) is 0 Å². The van der Waals surface area contributed by atoms with Gasteiger partial charge in [0.2, 0.25) is 11.8 Å². The van der Waals surface area contributed by atoms with Gasteiger partial charge in [-0.15, -0.1) is 0 Å². The van der Waals surface area contributed by atoms with E-state index in [1.807, 2.05) is 0 Å². The van der Waals surface area contributed by atoms with Gasteiger partial charge in [-0.3, -0.25) is 9.59 Å². The van der Waals surface area contributed by atoms with Crippen LogP contribution >= 0.6 is 0 Å². The van der Waals surface area contributed by atoms with E-state index in [2.05, 4.69) is 10.1 Å². The molecule has 126 valence electrons. The summed E-state index contributed by atoms with van der Waals surface area (Å²) in [5.41, 5.74) is 0.861. The summed E-state index contributed by atoms with van der Waals surface area (Å²) in [7, 11) is 2.85. The van der Waals surface area contributed by atoms with Crippen LogP contribution in [0.5, 0.6) is 0 Å². The Kier molecular flexibility index (Phi) is 7.76. The molecule has 0 radical (unpaired) electrons. The Morgan fingerprint density at radius 1 is 1.17 bits per heavy atom. The van der Waals surface area contributed by atoms with Crippen molar-refractivity contribution in [2.24, 2.45) is 0 Å². The van der Waals surface area contributed by atoms with Crippen LogP contribution in [0.1, 0.15) is 23.7 Å². The predicted molar refractivity (Wildman–Crippen MR) is 85.2 cm³/mol. The van der Waals surface area contributed by atoms with E-state index < -0.39 is 5.97 Å². The third-order valence-corrected chi connectivity index (χ3v) is 3.19. The number of nitrogens with zero attached hydrogens (tertiary/aromatic N) is 1. The summed E-state index contributed by atoms with van der Waals surface area (Å²) in [6.07, 6.45) is 0.158. The lowest BCUT2D eigenvalue weighted by molar-refractivity contribution is -0.130. The van der Waals surface area contributed by atoms with Crippen LogP contribution in [0.15, 0.2) is 24.3 Å². The van der Waals surface area contributed by atoms with Gasteiger partial charge in [-0.25, -0.2) is 4.79 Å². The highest BCUT2D eigenvalue weighted by atomic mass is 16.5. The van der Waals surface area contributed by atoms with E-state index in [0.717, 1.165) is 0 Å². The molecule has 0 heterocycles. The van der Waals surface area contributed by atoms with Gasteiger partial charge in [-0.05, 0) is 18.2 Å². The molecule has 0 aliphatic carbocycles. The first-order valence-electron chi connectivity index (χ1n) is 7.20. The third-order valence-electron chi connectivity index (χ3n) is 3.19. The predicted octanol–water partition coefficient (Wildman–Crippen LogP) is 1.30. The second-order valence-corrected chi connectivity index (χ2v) is 4.87. The van der Waals surface area contributed by atoms with Gasteiger partial charge in [0.15, 0.2) is 0 Å². The molecule has 7 heteroatoms. The number of amides is 2. The Bertz CT molecular complexity index is 559. The van der Waals surface area contributed by atoms with E-state index in [1.165, 1.54) is 20.1 Å². The molecular formula is C16H22N2O5. The highest BCUT2D eigenvalue weighted by Gasteiger charge is 2.12. The molecule has 0 saturated heterocycles. The zero-order chi connectivity index (χ0) is 17.2. The lowest BCUT2D eigenvalue weighted by Crippen LogP contribution is -2.34. The largest absolute Gasteiger partial charge is 0.465 e. The lowest BCUT2D eigenvalue weighted by atomic mass is 10.2.